The van der Waals surface area contributed by atoms with Crippen LogP contribution in [0.2, 0.25) is 0 Å². The van der Waals surface area contributed by atoms with Crippen LogP contribution >= 0.6 is 0 Å². The van der Waals surface area contributed by atoms with Crippen molar-refractivity contribution in [1.82, 2.24) is 4.90 Å². The standard InChI is InChI=1S/C13H26N2/c1-13(2,3)15-8-7-10-5-4-6-12(14)11(10)9-15/h10-12H,4-9,14H2,1-3H3. The Morgan fingerprint density at radius 3 is 2.53 bits per heavy atom. The maximum atomic E-state index is 6.27. The van der Waals surface area contributed by atoms with Crippen molar-refractivity contribution in [1.29, 1.82) is 0 Å². The molecule has 0 aromatic rings. The first-order valence-electron chi connectivity index (χ1n) is 6.49. The molecular formula is C13H26N2. The maximum Gasteiger partial charge on any atom is 0.0125 e. The van der Waals surface area contributed by atoms with E-state index in [0.717, 1.165) is 11.8 Å². The smallest absolute Gasteiger partial charge is 0.0125 e. The van der Waals surface area contributed by atoms with Crippen LogP contribution in [0.15, 0.2) is 0 Å². The second-order valence-electron chi connectivity index (χ2n) is 6.42. The summed E-state index contributed by atoms with van der Waals surface area (Å²) in [7, 11) is 0. The molecule has 2 heteroatoms. The first-order chi connectivity index (χ1) is 6.98. The molecule has 2 rings (SSSR count). The second-order valence-corrected chi connectivity index (χ2v) is 6.42. The zero-order valence-electron chi connectivity index (χ0n) is 10.5. The van der Waals surface area contributed by atoms with Gasteiger partial charge in [0.15, 0.2) is 0 Å². The molecule has 1 aliphatic heterocycles. The zero-order chi connectivity index (χ0) is 11.1. The van der Waals surface area contributed by atoms with Crippen molar-refractivity contribution in [3.63, 3.8) is 0 Å². The Labute approximate surface area is 94.2 Å². The van der Waals surface area contributed by atoms with Gasteiger partial charge in [0.25, 0.3) is 0 Å². The second kappa shape index (κ2) is 4.06. The van der Waals surface area contributed by atoms with Crippen LogP contribution < -0.4 is 5.73 Å². The molecule has 2 N–H and O–H groups in total. The molecule has 2 fully saturated rings. The minimum atomic E-state index is 0.322. The molecule has 1 aliphatic carbocycles. The van der Waals surface area contributed by atoms with E-state index in [-0.39, 0.29) is 0 Å². The van der Waals surface area contributed by atoms with Gasteiger partial charge in [0.2, 0.25) is 0 Å². The molecule has 88 valence electrons. The van der Waals surface area contributed by atoms with E-state index < -0.39 is 0 Å². The maximum absolute atomic E-state index is 6.27. The van der Waals surface area contributed by atoms with Crippen molar-refractivity contribution in [3.05, 3.63) is 0 Å². The lowest BCUT2D eigenvalue weighted by Crippen LogP contribution is -2.55. The average molecular weight is 210 g/mol. The molecule has 2 aliphatic rings. The number of rotatable bonds is 0. The molecule has 0 amide bonds. The highest BCUT2D eigenvalue weighted by atomic mass is 15.2. The number of likely N-dealkylation sites (tertiary alicyclic amines) is 1. The van der Waals surface area contributed by atoms with Gasteiger partial charge in [0.05, 0.1) is 0 Å². The van der Waals surface area contributed by atoms with E-state index in [1.807, 2.05) is 0 Å². The lowest BCUT2D eigenvalue weighted by atomic mass is 9.72. The van der Waals surface area contributed by atoms with Gasteiger partial charge in [-0.2, -0.15) is 0 Å². The molecule has 1 saturated heterocycles. The predicted molar refractivity (Wildman–Crippen MR) is 64.7 cm³/mol. The zero-order valence-corrected chi connectivity index (χ0v) is 10.5. The highest BCUT2D eigenvalue weighted by Gasteiger charge is 2.38. The Morgan fingerprint density at radius 1 is 1.13 bits per heavy atom. The molecule has 0 aromatic heterocycles. The molecule has 0 aromatic carbocycles. The number of hydrogen-bond donors (Lipinski definition) is 1. The molecule has 0 radical (unpaired) electrons. The number of hydrogen-bond acceptors (Lipinski definition) is 2. The van der Waals surface area contributed by atoms with Crippen molar-refractivity contribution in [2.75, 3.05) is 13.1 Å². The Hall–Kier alpha value is -0.0800. The fourth-order valence-corrected chi connectivity index (χ4v) is 3.31. The Bertz CT molecular complexity index is 219. The quantitative estimate of drug-likeness (QED) is 0.664. The first kappa shape index (κ1) is 11.4. The van der Waals surface area contributed by atoms with E-state index in [4.69, 9.17) is 5.73 Å². The summed E-state index contributed by atoms with van der Waals surface area (Å²) in [6.07, 6.45) is 5.41. The van der Waals surface area contributed by atoms with E-state index in [1.165, 1.54) is 38.8 Å². The molecule has 2 nitrogen and oxygen atoms in total. The van der Waals surface area contributed by atoms with Gasteiger partial charge >= 0.3 is 0 Å². The Kier molecular flexibility index (Phi) is 3.09. The van der Waals surface area contributed by atoms with E-state index in [0.29, 0.717) is 11.6 Å². The highest BCUT2D eigenvalue weighted by molar-refractivity contribution is 4.93. The molecular weight excluding hydrogens is 184 g/mol. The van der Waals surface area contributed by atoms with Gasteiger partial charge in [-0.25, -0.2) is 0 Å². The molecule has 0 bridgehead atoms. The van der Waals surface area contributed by atoms with Crippen LogP contribution in [0.3, 0.4) is 0 Å². The summed E-state index contributed by atoms with van der Waals surface area (Å²) in [4.78, 5) is 2.62. The predicted octanol–water partition coefficient (Wildman–Crippen LogP) is 2.23. The van der Waals surface area contributed by atoms with Crippen LogP contribution in [0.4, 0.5) is 0 Å². The highest BCUT2D eigenvalue weighted by Crippen LogP contribution is 2.37. The third-order valence-electron chi connectivity index (χ3n) is 4.42. The van der Waals surface area contributed by atoms with E-state index in [9.17, 15) is 0 Å². The SMILES string of the molecule is CC(C)(C)N1CCC2CCCC(N)C2C1. The van der Waals surface area contributed by atoms with Crippen LogP contribution in [0, 0.1) is 11.8 Å². The summed E-state index contributed by atoms with van der Waals surface area (Å²) in [6, 6.07) is 0.467. The van der Waals surface area contributed by atoms with Crippen molar-refractivity contribution < 1.29 is 0 Å². The van der Waals surface area contributed by atoms with Gasteiger partial charge in [-0.05, 0) is 58.4 Å². The summed E-state index contributed by atoms with van der Waals surface area (Å²) >= 11 is 0. The largest absolute Gasteiger partial charge is 0.327 e. The third-order valence-corrected chi connectivity index (χ3v) is 4.42. The van der Waals surface area contributed by atoms with Crippen LogP contribution in [0.25, 0.3) is 0 Å². The lowest BCUT2D eigenvalue weighted by Gasteiger charge is -2.48. The summed E-state index contributed by atoms with van der Waals surface area (Å²) in [5, 5.41) is 0. The molecule has 15 heavy (non-hydrogen) atoms. The summed E-state index contributed by atoms with van der Waals surface area (Å²) in [6.45, 7) is 9.47. The molecule has 1 saturated carbocycles. The van der Waals surface area contributed by atoms with Crippen LogP contribution in [-0.2, 0) is 0 Å². The van der Waals surface area contributed by atoms with Crippen LogP contribution in [0.5, 0.6) is 0 Å². The fourth-order valence-electron chi connectivity index (χ4n) is 3.31. The van der Waals surface area contributed by atoms with Gasteiger partial charge in [-0.1, -0.05) is 6.42 Å². The van der Waals surface area contributed by atoms with E-state index >= 15 is 0 Å². The van der Waals surface area contributed by atoms with Crippen LogP contribution in [-0.4, -0.2) is 29.6 Å². The number of nitrogens with zero attached hydrogens (tertiary/aromatic N) is 1. The van der Waals surface area contributed by atoms with Gasteiger partial charge in [0, 0.05) is 18.1 Å². The van der Waals surface area contributed by atoms with E-state index in [2.05, 4.69) is 25.7 Å². The molecule has 0 spiro atoms. The first-order valence-corrected chi connectivity index (χ1v) is 6.49. The number of nitrogens with two attached hydrogens (primary N) is 1. The minimum Gasteiger partial charge on any atom is -0.327 e. The minimum absolute atomic E-state index is 0.322. The molecule has 1 heterocycles. The molecule has 3 unspecified atom stereocenters. The summed E-state index contributed by atoms with van der Waals surface area (Å²) in [5.41, 5.74) is 6.59. The van der Waals surface area contributed by atoms with Gasteiger partial charge in [-0.15, -0.1) is 0 Å². The normalized spacial score (nSPS) is 38.8. The van der Waals surface area contributed by atoms with Gasteiger partial charge < -0.3 is 5.73 Å². The van der Waals surface area contributed by atoms with Gasteiger partial charge in [0.1, 0.15) is 0 Å². The topological polar surface area (TPSA) is 29.3 Å². The van der Waals surface area contributed by atoms with Crippen LogP contribution in [0.1, 0.15) is 46.5 Å². The lowest BCUT2D eigenvalue weighted by molar-refractivity contribution is 0.0199. The number of piperidine rings is 1. The fraction of sp³-hybridized carbons (Fsp3) is 1.00. The van der Waals surface area contributed by atoms with Gasteiger partial charge in [-0.3, -0.25) is 4.90 Å². The van der Waals surface area contributed by atoms with Crippen molar-refractivity contribution >= 4 is 0 Å². The Morgan fingerprint density at radius 2 is 1.87 bits per heavy atom. The Balaban J connectivity index is 2.02. The summed E-state index contributed by atoms with van der Waals surface area (Å²) < 4.78 is 0. The number of fused-ring (bicyclic) bond motifs is 1. The van der Waals surface area contributed by atoms with Crippen molar-refractivity contribution in [2.24, 2.45) is 17.6 Å². The van der Waals surface area contributed by atoms with Crippen molar-refractivity contribution in [3.8, 4) is 0 Å². The third kappa shape index (κ3) is 2.36. The summed E-state index contributed by atoms with van der Waals surface area (Å²) in [5.74, 6) is 1.69. The van der Waals surface area contributed by atoms with Crippen molar-refractivity contribution in [2.45, 2.75) is 58.0 Å². The monoisotopic (exact) mass is 210 g/mol. The van der Waals surface area contributed by atoms with E-state index in [1.54, 1.807) is 0 Å². The average Bonchev–Trinajstić information content (AvgIpc) is 2.16. The molecule has 3 atom stereocenters.